The van der Waals surface area contributed by atoms with Gasteiger partial charge in [-0.25, -0.2) is 0 Å². The highest BCUT2D eigenvalue weighted by Crippen LogP contribution is 2.27. The zero-order valence-corrected chi connectivity index (χ0v) is 14.5. The maximum Gasteiger partial charge on any atom is 0.294 e. The van der Waals surface area contributed by atoms with Crippen molar-refractivity contribution in [2.45, 2.75) is 4.90 Å². The van der Waals surface area contributed by atoms with E-state index >= 15 is 0 Å². The smallest absolute Gasteiger partial charge is 0.294 e. The van der Waals surface area contributed by atoms with Crippen LogP contribution in [0.5, 0.6) is 23.0 Å². The lowest BCUT2D eigenvalue weighted by molar-refractivity contribution is 0.468. The first kappa shape index (κ1) is 17.7. The molecular weight excluding hydrogens is 352 g/mol. The molecule has 26 heavy (non-hydrogen) atoms. The summed E-state index contributed by atoms with van der Waals surface area (Å²) < 4.78 is 42.4. The van der Waals surface area contributed by atoms with Crippen molar-refractivity contribution in [2.24, 2.45) is 0 Å². The molecule has 0 aliphatic rings. The van der Waals surface area contributed by atoms with Crippen LogP contribution in [0, 0.1) is 0 Å². The van der Waals surface area contributed by atoms with Crippen LogP contribution >= 0.6 is 0 Å². The largest absolute Gasteiger partial charge is 0.457 e. The Morgan fingerprint density at radius 2 is 1.04 bits per heavy atom. The fraction of sp³-hybridized carbons (Fsp3) is 0. The van der Waals surface area contributed by atoms with E-state index in [2.05, 4.69) is 6.58 Å². The van der Waals surface area contributed by atoms with E-state index in [9.17, 15) is 8.42 Å². The van der Waals surface area contributed by atoms with Gasteiger partial charge in [-0.05, 0) is 66.2 Å². The molecular formula is C20H16O5S. The van der Waals surface area contributed by atoms with E-state index in [1.807, 2.05) is 24.3 Å². The molecule has 0 aliphatic carbocycles. The summed E-state index contributed by atoms with van der Waals surface area (Å²) in [6.07, 6.45) is 1.76. The van der Waals surface area contributed by atoms with Crippen LogP contribution in [0.15, 0.2) is 84.3 Å². The van der Waals surface area contributed by atoms with Crippen molar-refractivity contribution in [2.75, 3.05) is 0 Å². The number of benzene rings is 3. The van der Waals surface area contributed by atoms with Crippen LogP contribution in [-0.4, -0.2) is 13.0 Å². The first-order valence-corrected chi connectivity index (χ1v) is 9.14. The number of rotatable bonds is 6. The predicted octanol–water partition coefficient (Wildman–Crippen LogP) is 5.16. The van der Waals surface area contributed by atoms with Crippen molar-refractivity contribution >= 4 is 16.2 Å². The van der Waals surface area contributed by atoms with Crippen LogP contribution < -0.4 is 9.47 Å². The van der Waals surface area contributed by atoms with Crippen molar-refractivity contribution in [3.8, 4) is 23.0 Å². The third-order valence-corrected chi connectivity index (χ3v) is 4.40. The van der Waals surface area contributed by atoms with Crippen LogP contribution in [0.3, 0.4) is 0 Å². The summed E-state index contributed by atoms with van der Waals surface area (Å²) in [6.45, 7) is 3.71. The van der Waals surface area contributed by atoms with Crippen molar-refractivity contribution in [1.82, 2.24) is 0 Å². The molecule has 3 rings (SSSR count). The molecule has 0 saturated carbocycles. The second-order valence-corrected chi connectivity index (χ2v) is 6.82. The van der Waals surface area contributed by atoms with E-state index in [0.29, 0.717) is 23.0 Å². The molecule has 5 nitrogen and oxygen atoms in total. The highest BCUT2D eigenvalue weighted by atomic mass is 32.2. The summed E-state index contributed by atoms with van der Waals surface area (Å²) in [4.78, 5) is -0.184. The summed E-state index contributed by atoms with van der Waals surface area (Å²) in [6, 6.07) is 20.0. The maximum absolute atomic E-state index is 11.0. The summed E-state index contributed by atoms with van der Waals surface area (Å²) in [7, 11) is -4.21. The molecule has 0 unspecified atom stereocenters. The highest BCUT2D eigenvalue weighted by molar-refractivity contribution is 7.85. The number of hydrogen-bond acceptors (Lipinski definition) is 4. The standard InChI is InChI=1S/C20H16O5S/c1-2-15-3-5-16(6-4-15)24-17-7-9-18(10-8-17)25-19-11-13-20(14-12-19)26(21,22)23/h2-14H,1H2,(H,21,22,23). The van der Waals surface area contributed by atoms with Gasteiger partial charge in [-0.1, -0.05) is 24.8 Å². The van der Waals surface area contributed by atoms with Crippen molar-refractivity contribution in [1.29, 1.82) is 0 Å². The molecule has 0 heterocycles. The molecule has 3 aromatic carbocycles. The Balaban J connectivity index is 1.66. The van der Waals surface area contributed by atoms with E-state index in [1.165, 1.54) is 24.3 Å². The van der Waals surface area contributed by atoms with Crippen LogP contribution in [0.25, 0.3) is 6.08 Å². The molecule has 1 N–H and O–H groups in total. The van der Waals surface area contributed by atoms with Crippen molar-refractivity contribution < 1.29 is 22.4 Å². The van der Waals surface area contributed by atoms with Crippen LogP contribution in [0.1, 0.15) is 5.56 Å². The summed E-state index contributed by atoms with van der Waals surface area (Å²) in [5, 5.41) is 0. The summed E-state index contributed by atoms with van der Waals surface area (Å²) >= 11 is 0. The number of ether oxygens (including phenoxy) is 2. The van der Waals surface area contributed by atoms with Crippen LogP contribution in [-0.2, 0) is 10.1 Å². The molecule has 0 aliphatic heterocycles. The molecule has 132 valence electrons. The summed E-state index contributed by atoms with van der Waals surface area (Å²) in [5.41, 5.74) is 1.01. The molecule has 0 aromatic heterocycles. The fourth-order valence-electron chi connectivity index (χ4n) is 2.20. The van der Waals surface area contributed by atoms with Gasteiger partial charge in [0, 0.05) is 0 Å². The Morgan fingerprint density at radius 3 is 1.38 bits per heavy atom. The van der Waals surface area contributed by atoms with Gasteiger partial charge in [0.15, 0.2) is 0 Å². The van der Waals surface area contributed by atoms with Crippen LogP contribution in [0.4, 0.5) is 0 Å². The highest BCUT2D eigenvalue weighted by Gasteiger charge is 2.09. The zero-order valence-electron chi connectivity index (χ0n) is 13.7. The van der Waals surface area contributed by atoms with Gasteiger partial charge in [0.25, 0.3) is 10.1 Å². The summed E-state index contributed by atoms with van der Waals surface area (Å²) in [5.74, 6) is 2.39. The molecule has 0 saturated heterocycles. The van der Waals surface area contributed by atoms with Crippen LogP contribution in [0.2, 0.25) is 0 Å². The van der Waals surface area contributed by atoms with Gasteiger partial charge in [-0.2, -0.15) is 8.42 Å². The Kier molecular flexibility index (Phi) is 5.06. The van der Waals surface area contributed by atoms with Gasteiger partial charge >= 0.3 is 0 Å². The van der Waals surface area contributed by atoms with Crippen molar-refractivity contribution in [3.05, 3.63) is 84.9 Å². The predicted molar refractivity (Wildman–Crippen MR) is 99.4 cm³/mol. The lowest BCUT2D eigenvalue weighted by Gasteiger charge is -2.09. The van der Waals surface area contributed by atoms with E-state index in [-0.39, 0.29) is 4.90 Å². The molecule has 6 heteroatoms. The fourth-order valence-corrected chi connectivity index (χ4v) is 2.68. The normalized spacial score (nSPS) is 11.0. The first-order chi connectivity index (χ1) is 12.4. The Bertz CT molecular complexity index is 990. The average molecular weight is 368 g/mol. The second kappa shape index (κ2) is 7.43. The molecule has 0 atom stereocenters. The molecule has 0 bridgehead atoms. The Morgan fingerprint density at radius 1 is 0.692 bits per heavy atom. The Hall–Kier alpha value is -3.09. The SMILES string of the molecule is C=Cc1ccc(Oc2ccc(Oc3ccc(S(=O)(=O)O)cc3)cc2)cc1. The van der Waals surface area contributed by atoms with Gasteiger partial charge in [0.1, 0.15) is 23.0 Å². The Labute approximate surface area is 151 Å². The lowest BCUT2D eigenvalue weighted by Crippen LogP contribution is -1.97. The molecule has 0 radical (unpaired) electrons. The van der Waals surface area contributed by atoms with Gasteiger partial charge in [-0.15, -0.1) is 0 Å². The van der Waals surface area contributed by atoms with Gasteiger partial charge in [-0.3, -0.25) is 4.55 Å². The van der Waals surface area contributed by atoms with E-state index < -0.39 is 10.1 Å². The zero-order chi connectivity index (χ0) is 18.6. The number of hydrogen-bond donors (Lipinski definition) is 1. The molecule has 3 aromatic rings. The van der Waals surface area contributed by atoms with E-state index in [4.69, 9.17) is 14.0 Å². The van der Waals surface area contributed by atoms with Gasteiger partial charge in [0.05, 0.1) is 4.90 Å². The monoisotopic (exact) mass is 368 g/mol. The minimum Gasteiger partial charge on any atom is -0.457 e. The topological polar surface area (TPSA) is 72.8 Å². The van der Waals surface area contributed by atoms with E-state index in [0.717, 1.165) is 5.56 Å². The van der Waals surface area contributed by atoms with Gasteiger partial charge in [0.2, 0.25) is 0 Å². The third kappa shape index (κ3) is 4.50. The maximum atomic E-state index is 11.0. The van der Waals surface area contributed by atoms with E-state index in [1.54, 1.807) is 30.3 Å². The minimum atomic E-state index is -4.21. The second-order valence-electron chi connectivity index (χ2n) is 5.40. The van der Waals surface area contributed by atoms with Gasteiger partial charge < -0.3 is 9.47 Å². The quantitative estimate of drug-likeness (QED) is 0.608. The molecule has 0 fully saturated rings. The third-order valence-electron chi connectivity index (χ3n) is 3.53. The average Bonchev–Trinajstić information content (AvgIpc) is 2.64. The lowest BCUT2D eigenvalue weighted by atomic mass is 10.2. The minimum absolute atomic E-state index is 0.184. The molecule has 0 spiro atoms. The molecule has 0 amide bonds. The first-order valence-electron chi connectivity index (χ1n) is 7.70. The van der Waals surface area contributed by atoms with Crippen molar-refractivity contribution in [3.63, 3.8) is 0 Å².